The molecule has 0 bridgehead atoms. The van der Waals surface area contributed by atoms with Crippen molar-refractivity contribution in [2.24, 2.45) is 5.92 Å². The molecular weight excluding hydrogens is 259 g/mol. The molecule has 0 radical (unpaired) electrons. The molecule has 1 atom stereocenters. The molecule has 0 spiro atoms. The number of para-hydroxylation sites is 1. The minimum atomic E-state index is -4.76. The molecule has 3 nitrogen and oxygen atoms in total. The lowest BCUT2D eigenvalue weighted by Gasteiger charge is -2.30. The molecule has 1 aromatic carbocycles. The summed E-state index contributed by atoms with van der Waals surface area (Å²) in [6.07, 6.45) is -1.79. The van der Waals surface area contributed by atoms with E-state index in [9.17, 15) is 18.0 Å². The Morgan fingerprint density at radius 2 is 2.00 bits per heavy atom. The zero-order chi connectivity index (χ0) is 13.6. The van der Waals surface area contributed by atoms with Crippen LogP contribution in [-0.2, 0) is 4.79 Å². The molecule has 1 N–H and O–H groups in total. The van der Waals surface area contributed by atoms with Crippen LogP contribution in [0.4, 0.5) is 18.9 Å². The van der Waals surface area contributed by atoms with Gasteiger partial charge in [0.1, 0.15) is 0 Å². The summed E-state index contributed by atoms with van der Waals surface area (Å²) >= 11 is 0. The topological polar surface area (TPSA) is 38.3 Å². The largest absolute Gasteiger partial charge is 0.573 e. The van der Waals surface area contributed by atoms with Crippen LogP contribution in [-0.4, -0.2) is 12.3 Å². The second-order valence-corrected chi connectivity index (χ2v) is 4.93. The zero-order valence-corrected chi connectivity index (χ0v) is 9.96. The van der Waals surface area contributed by atoms with Crippen LogP contribution in [0.5, 0.6) is 5.75 Å². The number of carbonyl (C=O) groups excluding carboxylic acids is 1. The third kappa shape index (κ3) is 2.15. The number of hydrogen-bond acceptors (Lipinski definition) is 2. The molecule has 2 aliphatic rings. The number of alkyl halides is 3. The molecule has 1 aliphatic carbocycles. The van der Waals surface area contributed by atoms with E-state index in [1.54, 1.807) is 6.07 Å². The Kier molecular flexibility index (Phi) is 2.69. The summed E-state index contributed by atoms with van der Waals surface area (Å²) in [6.45, 7) is 0. The molecule has 0 saturated heterocycles. The lowest BCUT2D eigenvalue weighted by molar-refractivity contribution is -0.274. The Labute approximate surface area is 107 Å². The number of nitrogens with one attached hydrogen (secondary N) is 1. The van der Waals surface area contributed by atoms with Crippen LogP contribution in [0.3, 0.4) is 0 Å². The summed E-state index contributed by atoms with van der Waals surface area (Å²) in [4.78, 5) is 11.9. The average Bonchev–Trinajstić information content (AvgIpc) is 2.53. The van der Waals surface area contributed by atoms with E-state index in [1.165, 1.54) is 12.1 Å². The van der Waals surface area contributed by atoms with Crippen LogP contribution in [0.2, 0.25) is 0 Å². The van der Waals surface area contributed by atoms with E-state index in [4.69, 9.17) is 0 Å². The highest BCUT2D eigenvalue weighted by Gasteiger charge is 2.42. The van der Waals surface area contributed by atoms with Gasteiger partial charge in [0.2, 0.25) is 5.91 Å². The first-order valence-corrected chi connectivity index (χ1v) is 6.15. The molecule has 19 heavy (non-hydrogen) atoms. The molecule has 3 rings (SSSR count). The summed E-state index contributed by atoms with van der Waals surface area (Å²) in [5.74, 6) is -0.652. The number of carbonyl (C=O) groups is 1. The number of benzene rings is 1. The first-order chi connectivity index (χ1) is 8.96. The maximum absolute atomic E-state index is 12.3. The van der Waals surface area contributed by atoms with E-state index < -0.39 is 6.36 Å². The highest BCUT2D eigenvalue weighted by atomic mass is 19.4. The maximum Gasteiger partial charge on any atom is 0.573 e. The SMILES string of the molecule is O=C1Nc2c(OC(F)(F)F)cccc2C1C1CCC1. The summed E-state index contributed by atoms with van der Waals surface area (Å²) in [5.41, 5.74) is 0.790. The molecule has 1 saturated carbocycles. The van der Waals surface area contributed by atoms with Gasteiger partial charge in [-0.1, -0.05) is 18.6 Å². The predicted molar refractivity (Wildman–Crippen MR) is 61.8 cm³/mol. The number of rotatable bonds is 2. The molecule has 1 amide bonds. The first kappa shape index (κ1) is 12.3. The number of anilines is 1. The van der Waals surface area contributed by atoms with Crippen molar-refractivity contribution >= 4 is 11.6 Å². The lowest BCUT2D eigenvalue weighted by Crippen LogP contribution is -2.25. The molecule has 1 aliphatic heterocycles. The summed E-state index contributed by atoms with van der Waals surface area (Å²) in [6, 6.07) is 4.40. The third-order valence-corrected chi connectivity index (χ3v) is 3.77. The molecule has 1 unspecified atom stereocenters. The smallest absolute Gasteiger partial charge is 0.404 e. The van der Waals surface area contributed by atoms with Crippen molar-refractivity contribution < 1.29 is 22.7 Å². The predicted octanol–water partition coefficient (Wildman–Crippen LogP) is 3.42. The van der Waals surface area contributed by atoms with Gasteiger partial charge in [0, 0.05) is 0 Å². The van der Waals surface area contributed by atoms with Gasteiger partial charge in [0.25, 0.3) is 0 Å². The lowest BCUT2D eigenvalue weighted by atomic mass is 9.73. The van der Waals surface area contributed by atoms with E-state index in [1.807, 2.05) is 0 Å². The van der Waals surface area contributed by atoms with Gasteiger partial charge in [-0.05, 0) is 30.4 Å². The van der Waals surface area contributed by atoms with E-state index in [2.05, 4.69) is 10.1 Å². The van der Waals surface area contributed by atoms with Crippen LogP contribution in [0, 0.1) is 5.92 Å². The van der Waals surface area contributed by atoms with Crippen molar-refractivity contribution in [1.29, 1.82) is 0 Å². The van der Waals surface area contributed by atoms with E-state index in [-0.39, 0.29) is 29.2 Å². The standard InChI is InChI=1S/C13H12F3NO2/c14-13(15,16)19-9-6-2-5-8-10(7-3-1-4-7)12(18)17-11(8)9/h2,5-7,10H,1,3-4H2,(H,17,18). The molecule has 1 aromatic rings. The van der Waals surface area contributed by atoms with Crippen LogP contribution in [0.15, 0.2) is 18.2 Å². The number of halogens is 3. The Morgan fingerprint density at radius 3 is 2.58 bits per heavy atom. The fraction of sp³-hybridized carbons (Fsp3) is 0.462. The van der Waals surface area contributed by atoms with Crippen molar-refractivity contribution in [3.63, 3.8) is 0 Å². The summed E-state index contributed by atoms with van der Waals surface area (Å²) in [7, 11) is 0. The fourth-order valence-corrected chi connectivity index (χ4v) is 2.73. The molecule has 1 fully saturated rings. The second-order valence-electron chi connectivity index (χ2n) is 4.93. The van der Waals surface area contributed by atoms with Gasteiger partial charge in [-0.3, -0.25) is 4.79 Å². The number of amides is 1. The van der Waals surface area contributed by atoms with Gasteiger partial charge < -0.3 is 10.1 Å². The second kappa shape index (κ2) is 4.15. The van der Waals surface area contributed by atoms with Gasteiger partial charge in [-0.15, -0.1) is 13.2 Å². The maximum atomic E-state index is 12.3. The van der Waals surface area contributed by atoms with Gasteiger partial charge in [0.05, 0.1) is 11.6 Å². The van der Waals surface area contributed by atoms with Crippen molar-refractivity contribution in [2.45, 2.75) is 31.5 Å². The first-order valence-electron chi connectivity index (χ1n) is 6.15. The highest BCUT2D eigenvalue weighted by Crippen LogP contribution is 2.48. The van der Waals surface area contributed by atoms with E-state index in [0.29, 0.717) is 5.56 Å². The third-order valence-electron chi connectivity index (χ3n) is 3.77. The van der Waals surface area contributed by atoms with Gasteiger partial charge >= 0.3 is 6.36 Å². The molecule has 6 heteroatoms. The Hall–Kier alpha value is -1.72. The molecule has 1 heterocycles. The fourth-order valence-electron chi connectivity index (χ4n) is 2.73. The average molecular weight is 271 g/mol. The minimum absolute atomic E-state index is 0.168. The molecule has 0 aromatic heterocycles. The van der Waals surface area contributed by atoms with Crippen LogP contribution >= 0.6 is 0 Å². The van der Waals surface area contributed by atoms with Crippen molar-refractivity contribution in [1.82, 2.24) is 0 Å². The monoisotopic (exact) mass is 271 g/mol. The molecule has 102 valence electrons. The van der Waals surface area contributed by atoms with E-state index in [0.717, 1.165) is 19.3 Å². The summed E-state index contributed by atoms with van der Waals surface area (Å²) < 4.78 is 40.9. The number of hydrogen-bond donors (Lipinski definition) is 1. The highest BCUT2D eigenvalue weighted by molar-refractivity contribution is 6.04. The number of ether oxygens (including phenoxy) is 1. The Morgan fingerprint density at radius 1 is 1.26 bits per heavy atom. The normalized spacial score (nSPS) is 22.7. The van der Waals surface area contributed by atoms with Crippen LogP contribution < -0.4 is 10.1 Å². The quantitative estimate of drug-likeness (QED) is 0.895. The Balaban J connectivity index is 1.96. The summed E-state index contributed by atoms with van der Waals surface area (Å²) in [5, 5.41) is 2.52. The van der Waals surface area contributed by atoms with Crippen LogP contribution in [0.25, 0.3) is 0 Å². The Bertz CT molecular complexity index is 523. The minimum Gasteiger partial charge on any atom is -0.404 e. The van der Waals surface area contributed by atoms with Crippen molar-refractivity contribution in [3.8, 4) is 5.75 Å². The molecular formula is C13H12F3NO2. The van der Waals surface area contributed by atoms with Crippen LogP contribution in [0.1, 0.15) is 30.7 Å². The van der Waals surface area contributed by atoms with Crippen molar-refractivity contribution in [2.75, 3.05) is 5.32 Å². The zero-order valence-electron chi connectivity index (χ0n) is 9.96. The van der Waals surface area contributed by atoms with Gasteiger partial charge in [-0.25, -0.2) is 0 Å². The van der Waals surface area contributed by atoms with Gasteiger partial charge in [0.15, 0.2) is 5.75 Å². The number of fused-ring (bicyclic) bond motifs is 1. The van der Waals surface area contributed by atoms with E-state index >= 15 is 0 Å². The van der Waals surface area contributed by atoms with Gasteiger partial charge in [-0.2, -0.15) is 0 Å². The van der Waals surface area contributed by atoms with Crippen molar-refractivity contribution in [3.05, 3.63) is 23.8 Å².